The van der Waals surface area contributed by atoms with Crippen molar-refractivity contribution in [2.24, 2.45) is 0 Å². The van der Waals surface area contributed by atoms with Crippen LogP contribution in [0.25, 0.3) is 27.5 Å². The molecule has 0 unspecified atom stereocenters. The van der Waals surface area contributed by atoms with Crippen molar-refractivity contribution in [2.45, 2.75) is 96.3 Å². The van der Waals surface area contributed by atoms with Gasteiger partial charge in [0.2, 0.25) is 0 Å². The van der Waals surface area contributed by atoms with E-state index in [9.17, 15) is 0 Å². The highest BCUT2D eigenvalue weighted by molar-refractivity contribution is 6.09. The molecule has 0 saturated heterocycles. The van der Waals surface area contributed by atoms with Crippen LogP contribution in [-0.4, -0.2) is 32.8 Å². The molecule has 23 rings (SSSR count). The number of nitrogens with zero attached hydrogens (tertiary/aromatic N) is 8. The fraction of sp³-hybridized carbons (Fsp3) is 0.165. The quantitative estimate of drug-likeness (QED) is 0.163. The lowest BCUT2D eigenvalue weighted by Crippen LogP contribution is -2.32. The second-order valence-corrected chi connectivity index (χ2v) is 36.4. The number of anilines is 17. The molecule has 124 heavy (non-hydrogen) atoms. The van der Waals surface area contributed by atoms with Crippen molar-refractivity contribution in [3.05, 3.63) is 432 Å². The van der Waals surface area contributed by atoms with E-state index >= 15 is 0 Å². The molecule has 0 saturated carbocycles. The molecule has 0 fully saturated rings. The largest absolute Gasteiger partial charge is 0.453 e. The third kappa shape index (κ3) is 12.6. The van der Waals surface area contributed by atoms with Crippen LogP contribution >= 0.6 is 0 Å². The van der Waals surface area contributed by atoms with Gasteiger partial charge < -0.3 is 43.6 Å². The summed E-state index contributed by atoms with van der Waals surface area (Å²) in [5.41, 5.74) is 37.7. The Hall–Kier alpha value is -14.3. The zero-order valence-electron chi connectivity index (χ0n) is 73.3. The lowest BCUT2D eigenvalue weighted by atomic mass is 9.72. The Morgan fingerprint density at radius 1 is 0.202 bits per heavy atom. The molecular weight excluding hydrogens is 1510 g/mol. The van der Waals surface area contributed by atoms with E-state index in [0.29, 0.717) is 0 Å². The molecule has 0 aliphatic carbocycles. The average Bonchev–Trinajstić information content (AvgIpc) is 1.04. The SMILES string of the molecule is CN1c2ccccc2C(C)(C)c2cc(-n3c4ccccc4c4ccccc43)ccc21.CN1c2ccccc2C(C)(C)c2cc(N(c3ccccc3)c3ccccc3)ccc21.CN1c2ccccc2C(C)(C)c2cc(N3c4ccccc4C(C)(C)c4ccccc43)ccc21.CN1c2ccccc2C(C)(C)c2cc(N3c4ccccc4Oc4ccccc43)ccc21. The monoisotopic (exact) mass is 1610 g/mol. The van der Waals surface area contributed by atoms with Crippen LogP contribution in [0.4, 0.5) is 96.7 Å². The van der Waals surface area contributed by atoms with Gasteiger partial charge in [-0.3, -0.25) is 0 Å². The highest BCUT2D eigenvalue weighted by Crippen LogP contribution is 2.59. The minimum absolute atomic E-state index is 0.0453. The normalized spacial score (nSPS) is 15.3. The Morgan fingerprint density at radius 3 is 0.823 bits per heavy atom. The summed E-state index contributed by atoms with van der Waals surface area (Å²) in [7, 11) is 8.68. The van der Waals surface area contributed by atoms with Crippen molar-refractivity contribution in [3.63, 3.8) is 0 Å². The molecule has 0 radical (unpaired) electrons. The molecule has 0 bridgehead atoms. The Bertz CT molecular complexity index is 6820. The van der Waals surface area contributed by atoms with E-state index in [4.69, 9.17) is 4.74 Å². The van der Waals surface area contributed by atoms with Crippen LogP contribution in [0.1, 0.15) is 125 Å². The van der Waals surface area contributed by atoms with Crippen LogP contribution in [0.3, 0.4) is 0 Å². The third-order valence-corrected chi connectivity index (χ3v) is 27.5. The summed E-state index contributed by atoms with van der Waals surface area (Å²) >= 11 is 0. The van der Waals surface area contributed by atoms with Gasteiger partial charge in [0.05, 0.1) is 33.8 Å². The van der Waals surface area contributed by atoms with Crippen molar-refractivity contribution in [2.75, 3.05) is 62.5 Å². The van der Waals surface area contributed by atoms with Crippen molar-refractivity contribution >= 4 is 118 Å². The standard InChI is InChI=1S/C31H30N2.C28H24N2O.C28H24N2.C28H26N2/c1-30(2)23-13-7-10-16-28(23)33(29-17-11-8-14-24(29)30)21-18-19-27-25(20-21)31(3,4)22-12-6-9-15-26(22)32(27)5;1-28(2)20-10-4-5-11-22(20)29(3)23-17-16-19(18-21(23)28)30-24-12-6-8-14-26(24)31-27-15-9-7-13-25(27)30;1-28(2)22-12-6-9-15-26(22)29(3)27-17-16-19(18-23(27)28)30-24-13-7-4-10-20(24)21-11-5-8-14-25(21)30;1-28(2)24-16-10-11-17-26(24)29(3)27-19-18-23(20-25(27)28)30(21-12-6-4-7-13-21)22-14-8-5-9-15-22/h6-20H,1-5H3;4-18H,1-3H3;4-18H,1-3H3;4-20H,1-3H3. The zero-order valence-corrected chi connectivity index (χ0v) is 73.3. The van der Waals surface area contributed by atoms with E-state index in [-0.39, 0.29) is 27.1 Å². The summed E-state index contributed by atoms with van der Waals surface area (Å²) < 4.78 is 8.60. The Morgan fingerprint density at radius 2 is 0.452 bits per heavy atom. The third-order valence-electron chi connectivity index (χ3n) is 27.5. The molecule has 0 atom stereocenters. The molecule has 7 heterocycles. The van der Waals surface area contributed by atoms with Gasteiger partial charge in [-0.15, -0.1) is 0 Å². The van der Waals surface area contributed by atoms with Crippen molar-refractivity contribution in [1.29, 1.82) is 0 Å². The maximum absolute atomic E-state index is 6.20. The van der Waals surface area contributed by atoms with E-state index in [1.165, 1.54) is 151 Å². The molecule has 0 spiro atoms. The molecule has 9 nitrogen and oxygen atoms in total. The van der Waals surface area contributed by atoms with E-state index in [1.807, 2.05) is 24.3 Å². The predicted octanol–water partition coefficient (Wildman–Crippen LogP) is 30.6. The minimum atomic E-state index is -0.0975. The second kappa shape index (κ2) is 30.1. The topological polar surface area (TPSA) is 36.8 Å². The van der Waals surface area contributed by atoms with Gasteiger partial charge in [-0.25, -0.2) is 0 Å². The maximum Gasteiger partial charge on any atom is 0.151 e. The van der Waals surface area contributed by atoms with E-state index in [1.54, 1.807) is 0 Å². The maximum atomic E-state index is 6.20. The number of ether oxygens (including phenoxy) is 1. The fourth-order valence-electron chi connectivity index (χ4n) is 20.8. The molecular formula is C115H104N8O. The summed E-state index contributed by atoms with van der Waals surface area (Å²) in [6.07, 6.45) is 0. The van der Waals surface area contributed by atoms with E-state index < -0.39 is 0 Å². The molecule has 17 aromatic rings. The van der Waals surface area contributed by atoms with Crippen LogP contribution < -0.4 is 39.0 Å². The van der Waals surface area contributed by atoms with Crippen LogP contribution in [0.5, 0.6) is 11.5 Å². The van der Waals surface area contributed by atoms with Gasteiger partial charge in [0.15, 0.2) is 11.5 Å². The Kier molecular flexibility index (Phi) is 19.0. The summed E-state index contributed by atoms with van der Waals surface area (Å²) in [6, 6.07) is 135. The second-order valence-electron chi connectivity index (χ2n) is 36.4. The number of para-hydroxylation sites is 14. The average molecular weight is 1610 g/mol. The molecule has 610 valence electrons. The van der Waals surface area contributed by atoms with E-state index in [0.717, 1.165) is 39.9 Å². The smallest absolute Gasteiger partial charge is 0.151 e. The van der Waals surface area contributed by atoms with Crippen molar-refractivity contribution < 1.29 is 4.74 Å². The summed E-state index contributed by atoms with van der Waals surface area (Å²) in [4.78, 5) is 16.4. The number of benzene rings is 16. The first-order valence-electron chi connectivity index (χ1n) is 43.5. The Labute approximate surface area is 730 Å². The zero-order chi connectivity index (χ0) is 85.3. The first-order valence-corrected chi connectivity index (χ1v) is 43.5. The van der Waals surface area contributed by atoms with Gasteiger partial charge >= 0.3 is 0 Å². The number of hydrogen-bond acceptors (Lipinski definition) is 8. The molecule has 16 aromatic carbocycles. The van der Waals surface area contributed by atoms with Gasteiger partial charge in [0.25, 0.3) is 0 Å². The molecule has 6 aliphatic rings. The molecule has 0 amide bonds. The van der Waals surface area contributed by atoms with Crippen LogP contribution in [0.2, 0.25) is 0 Å². The van der Waals surface area contributed by atoms with Gasteiger partial charge in [-0.2, -0.15) is 0 Å². The van der Waals surface area contributed by atoms with E-state index in [2.05, 4.69) is 488 Å². The minimum Gasteiger partial charge on any atom is -0.453 e. The first kappa shape index (κ1) is 78.3. The van der Waals surface area contributed by atoms with Crippen molar-refractivity contribution in [3.8, 4) is 17.2 Å². The number of aromatic nitrogens is 1. The number of fused-ring (bicyclic) bond motifs is 15. The highest BCUT2D eigenvalue weighted by atomic mass is 16.5. The number of hydrogen-bond donors (Lipinski definition) is 0. The van der Waals surface area contributed by atoms with Crippen LogP contribution in [0.15, 0.2) is 376 Å². The molecule has 0 N–H and O–H groups in total. The first-order chi connectivity index (χ1) is 60.0. The van der Waals surface area contributed by atoms with Gasteiger partial charge in [0.1, 0.15) is 0 Å². The summed E-state index contributed by atoms with van der Waals surface area (Å²) in [6.45, 7) is 23.4. The summed E-state index contributed by atoms with van der Waals surface area (Å²) in [5, 5.41) is 2.60. The van der Waals surface area contributed by atoms with Gasteiger partial charge in [-0.1, -0.05) is 275 Å². The summed E-state index contributed by atoms with van der Waals surface area (Å²) in [5.74, 6) is 1.75. The lowest BCUT2D eigenvalue weighted by Gasteiger charge is -2.44. The van der Waals surface area contributed by atoms with Gasteiger partial charge in [-0.05, 0) is 225 Å². The predicted molar refractivity (Wildman–Crippen MR) is 523 cm³/mol. The molecule has 6 aliphatic heterocycles. The fourth-order valence-corrected chi connectivity index (χ4v) is 20.8. The van der Waals surface area contributed by atoms with Crippen LogP contribution in [-0.2, 0) is 27.1 Å². The number of rotatable bonds is 6. The van der Waals surface area contributed by atoms with Crippen LogP contribution in [0, 0.1) is 0 Å². The van der Waals surface area contributed by atoms with Gasteiger partial charge in [0, 0.05) is 146 Å². The Balaban J connectivity index is 0.000000105. The molecule has 1 aromatic heterocycles. The molecule has 9 heteroatoms. The van der Waals surface area contributed by atoms with Crippen molar-refractivity contribution in [1.82, 2.24) is 4.57 Å². The highest BCUT2D eigenvalue weighted by Gasteiger charge is 2.43. The lowest BCUT2D eigenvalue weighted by molar-refractivity contribution is 0.477.